The summed E-state index contributed by atoms with van der Waals surface area (Å²) in [6.45, 7) is 4.53. The number of rotatable bonds is 3. The highest BCUT2D eigenvalue weighted by Gasteiger charge is 2.15. The first-order chi connectivity index (χ1) is 7.74. The van der Waals surface area contributed by atoms with E-state index in [9.17, 15) is 0 Å². The molecule has 2 aromatic rings. The number of pyridine rings is 1. The van der Waals surface area contributed by atoms with Crippen LogP contribution in [-0.2, 0) is 6.54 Å². The molecule has 0 spiro atoms. The predicted molar refractivity (Wildman–Crippen MR) is 61.5 cm³/mol. The normalized spacial score (nSPS) is 11.0. The molecule has 2 heterocycles. The van der Waals surface area contributed by atoms with Crippen molar-refractivity contribution >= 4 is 0 Å². The standard InChI is InChI=1S/C11H15N5/c1-8(2)16-11(10(7-12)14-15-16)9-3-5-13-6-4-9/h3-6,8H,7,12H2,1-2H3. The average Bonchev–Trinajstić information content (AvgIpc) is 2.73. The molecule has 0 aliphatic carbocycles. The van der Waals surface area contributed by atoms with Crippen LogP contribution in [0, 0.1) is 0 Å². The molecular weight excluding hydrogens is 202 g/mol. The smallest absolute Gasteiger partial charge is 0.104 e. The summed E-state index contributed by atoms with van der Waals surface area (Å²) < 4.78 is 1.89. The fraction of sp³-hybridized carbons (Fsp3) is 0.364. The molecule has 0 saturated carbocycles. The zero-order chi connectivity index (χ0) is 11.5. The Bertz CT molecular complexity index is 460. The minimum absolute atomic E-state index is 0.260. The summed E-state index contributed by atoms with van der Waals surface area (Å²) in [5.41, 5.74) is 8.53. The summed E-state index contributed by atoms with van der Waals surface area (Å²) in [5, 5.41) is 8.23. The maximum absolute atomic E-state index is 5.67. The molecular formula is C11H15N5. The van der Waals surface area contributed by atoms with Crippen molar-refractivity contribution in [3.63, 3.8) is 0 Å². The SMILES string of the molecule is CC(C)n1nnc(CN)c1-c1ccncc1. The van der Waals surface area contributed by atoms with Crippen LogP contribution in [0.25, 0.3) is 11.3 Å². The van der Waals surface area contributed by atoms with E-state index in [0.717, 1.165) is 17.0 Å². The highest BCUT2D eigenvalue weighted by molar-refractivity contribution is 5.61. The van der Waals surface area contributed by atoms with Crippen molar-refractivity contribution in [3.05, 3.63) is 30.2 Å². The third-order valence-electron chi connectivity index (χ3n) is 2.40. The highest BCUT2D eigenvalue weighted by atomic mass is 15.4. The van der Waals surface area contributed by atoms with Gasteiger partial charge >= 0.3 is 0 Å². The molecule has 0 aliphatic rings. The molecule has 2 N–H and O–H groups in total. The number of hydrogen-bond acceptors (Lipinski definition) is 4. The Balaban J connectivity index is 2.57. The molecule has 0 aliphatic heterocycles. The van der Waals surface area contributed by atoms with E-state index in [1.54, 1.807) is 12.4 Å². The quantitative estimate of drug-likeness (QED) is 0.843. The van der Waals surface area contributed by atoms with Gasteiger partial charge in [0, 0.05) is 30.5 Å². The van der Waals surface area contributed by atoms with E-state index in [-0.39, 0.29) is 6.04 Å². The molecule has 0 fully saturated rings. The zero-order valence-electron chi connectivity index (χ0n) is 9.46. The molecule has 0 saturated heterocycles. The number of hydrogen-bond donors (Lipinski definition) is 1. The summed E-state index contributed by atoms with van der Waals surface area (Å²) in [5.74, 6) is 0. The first kappa shape index (κ1) is 10.8. The Morgan fingerprint density at radius 3 is 2.56 bits per heavy atom. The average molecular weight is 217 g/mol. The Hall–Kier alpha value is -1.75. The first-order valence-corrected chi connectivity index (χ1v) is 5.28. The maximum atomic E-state index is 5.67. The third kappa shape index (κ3) is 1.81. The topological polar surface area (TPSA) is 69.6 Å². The van der Waals surface area contributed by atoms with Crippen molar-refractivity contribution in [2.45, 2.75) is 26.4 Å². The van der Waals surface area contributed by atoms with Crippen LogP contribution in [-0.4, -0.2) is 20.0 Å². The van der Waals surface area contributed by atoms with Crippen molar-refractivity contribution in [1.29, 1.82) is 0 Å². The highest BCUT2D eigenvalue weighted by Crippen LogP contribution is 2.23. The van der Waals surface area contributed by atoms with Gasteiger partial charge < -0.3 is 5.73 Å². The van der Waals surface area contributed by atoms with E-state index in [0.29, 0.717) is 6.54 Å². The van der Waals surface area contributed by atoms with Gasteiger partial charge in [0.1, 0.15) is 5.69 Å². The van der Waals surface area contributed by atoms with Gasteiger partial charge in [0.2, 0.25) is 0 Å². The van der Waals surface area contributed by atoms with Gasteiger partial charge in [-0.3, -0.25) is 4.98 Å². The van der Waals surface area contributed by atoms with E-state index in [1.165, 1.54) is 0 Å². The number of nitrogens with two attached hydrogens (primary N) is 1. The van der Waals surface area contributed by atoms with Crippen molar-refractivity contribution in [3.8, 4) is 11.3 Å². The van der Waals surface area contributed by atoms with E-state index < -0.39 is 0 Å². The van der Waals surface area contributed by atoms with Gasteiger partial charge in [-0.25, -0.2) is 4.68 Å². The molecule has 0 radical (unpaired) electrons. The lowest BCUT2D eigenvalue weighted by Crippen LogP contribution is -2.06. The van der Waals surface area contributed by atoms with Crippen molar-refractivity contribution in [2.24, 2.45) is 5.73 Å². The molecule has 2 aromatic heterocycles. The number of aromatic nitrogens is 4. The van der Waals surface area contributed by atoms with Crippen molar-refractivity contribution in [2.75, 3.05) is 0 Å². The summed E-state index contributed by atoms with van der Waals surface area (Å²) in [6.07, 6.45) is 3.51. The maximum Gasteiger partial charge on any atom is 0.104 e. The molecule has 0 aromatic carbocycles. The lowest BCUT2D eigenvalue weighted by atomic mass is 10.1. The predicted octanol–water partition coefficient (Wildman–Crippen LogP) is 1.38. The molecule has 0 bridgehead atoms. The third-order valence-corrected chi connectivity index (χ3v) is 2.40. The van der Waals surface area contributed by atoms with Crippen molar-refractivity contribution < 1.29 is 0 Å². The Morgan fingerprint density at radius 2 is 2.00 bits per heavy atom. The van der Waals surface area contributed by atoms with Crippen molar-refractivity contribution in [1.82, 2.24) is 20.0 Å². The van der Waals surface area contributed by atoms with E-state index >= 15 is 0 Å². The Kier molecular flexibility index (Phi) is 2.96. The fourth-order valence-electron chi connectivity index (χ4n) is 1.63. The molecule has 2 rings (SSSR count). The Labute approximate surface area is 94.3 Å². The lowest BCUT2D eigenvalue weighted by Gasteiger charge is -2.10. The van der Waals surface area contributed by atoms with Crippen LogP contribution in [0.4, 0.5) is 0 Å². The molecule has 0 atom stereocenters. The molecule has 5 heteroatoms. The van der Waals surface area contributed by atoms with E-state index in [4.69, 9.17) is 5.73 Å². The minimum Gasteiger partial charge on any atom is -0.325 e. The molecule has 16 heavy (non-hydrogen) atoms. The fourth-order valence-corrected chi connectivity index (χ4v) is 1.63. The second kappa shape index (κ2) is 4.40. The monoisotopic (exact) mass is 217 g/mol. The van der Waals surface area contributed by atoms with Crippen LogP contribution in [0.1, 0.15) is 25.6 Å². The van der Waals surface area contributed by atoms with Crippen LogP contribution in [0.5, 0.6) is 0 Å². The first-order valence-electron chi connectivity index (χ1n) is 5.28. The van der Waals surface area contributed by atoms with Gasteiger partial charge in [0.25, 0.3) is 0 Å². The molecule has 84 valence electrons. The lowest BCUT2D eigenvalue weighted by molar-refractivity contribution is 0.519. The molecule has 5 nitrogen and oxygen atoms in total. The van der Waals surface area contributed by atoms with Gasteiger partial charge in [-0.05, 0) is 26.0 Å². The largest absolute Gasteiger partial charge is 0.325 e. The molecule has 0 unspecified atom stereocenters. The van der Waals surface area contributed by atoms with Gasteiger partial charge in [-0.2, -0.15) is 0 Å². The summed E-state index contributed by atoms with van der Waals surface area (Å²) in [4.78, 5) is 4.00. The van der Waals surface area contributed by atoms with Gasteiger partial charge in [-0.1, -0.05) is 5.21 Å². The summed E-state index contributed by atoms with van der Waals surface area (Å²) >= 11 is 0. The Morgan fingerprint density at radius 1 is 1.31 bits per heavy atom. The summed E-state index contributed by atoms with van der Waals surface area (Å²) in [7, 11) is 0. The minimum atomic E-state index is 0.260. The second-order valence-corrected chi connectivity index (χ2v) is 3.86. The second-order valence-electron chi connectivity index (χ2n) is 3.86. The van der Waals surface area contributed by atoms with Gasteiger partial charge in [0.15, 0.2) is 0 Å². The van der Waals surface area contributed by atoms with Crippen LogP contribution < -0.4 is 5.73 Å². The zero-order valence-corrected chi connectivity index (χ0v) is 9.46. The van der Waals surface area contributed by atoms with Crippen LogP contribution in [0.2, 0.25) is 0 Å². The van der Waals surface area contributed by atoms with E-state index in [2.05, 4.69) is 29.1 Å². The number of nitrogens with zero attached hydrogens (tertiary/aromatic N) is 4. The van der Waals surface area contributed by atoms with Gasteiger partial charge in [-0.15, -0.1) is 5.10 Å². The van der Waals surface area contributed by atoms with Crippen LogP contribution in [0.3, 0.4) is 0 Å². The van der Waals surface area contributed by atoms with E-state index in [1.807, 2.05) is 16.8 Å². The van der Waals surface area contributed by atoms with Crippen LogP contribution in [0.15, 0.2) is 24.5 Å². The van der Waals surface area contributed by atoms with Crippen LogP contribution >= 0.6 is 0 Å². The summed E-state index contributed by atoms with van der Waals surface area (Å²) in [6, 6.07) is 4.14. The molecule has 0 amide bonds. The van der Waals surface area contributed by atoms with Gasteiger partial charge in [0.05, 0.1) is 5.69 Å².